The molecule has 1 N–H and O–H groups in total. The van der Waals surface area contributed by atoms with E-state index in [1.165, 1.54) is 0 Å². The van der Waals surface area contributed by atoms with Crippen LogP contribution in [0.5, 0.6) is 0 Å². The Bertz CT molecular complexity index is 343. The Morgan fingerprint density at radius 3 is 2.31 bits per heavy atom. The Labute approximate surface area is 102 Å². The van der Waals surface area contributed by atoms with Crippen LogP contribution in [0.25, 0.3) is 0 Å². The summed E-state index contributed by atoms with van der Waals surface area (Å²) in [5.41, 5.74) is 0.647. The molecule has 88 valence electrons. The molecule has 1 rings (SSSR count). The lowest BCUT2D eigenvalue weighted by Gasteiger charge is -2.23. The number of benzene rings is 1. The minimum Gasteiger partial charge on any atom is -0.348 e. The molecule has 0 bridgehead atoms. The molecule has 1 amide bonds. The van der Waals surface area contributed by atoms with Gasteiger partial charge in [-0.05, 0) is 5.56 Å². The molecule has 2 nitrogen and oxygen atoms in total. The molecule has 3 heteroatoms. The molecule has 0 radical (unpaired) electrons. The Balaban J connectivity index is 2.75. The third kappa shape index (κ3) is 3.53. The van der Waals surface area contributed by atoms with E-state index in [-0.39, 0.29) is 17.4 Å². The molecule has 0 saturated carbocycles. The zero-order valence-electron chi connectivity index (χ0n) is 9.96. The van der Waals surface area contributed by atoms with Gasteiger partial charge in [0.15, 0.2) is 0 Å². The predicted octanol–water partition coefficient (Wildman–Crippen LogP) is 3.13. The maximum atomic E-state index is 11.8. The summed E-state index contributed by atoms with van der Waals surface area (Å²) in [5, 5.41) is 2.95. The molecule has 0 aliphatic rings. The highest BCUT2D eigenvalue weighted by Crippen LogP contribution is 2.18. The molecule has 16 heavy (non-hydrogen) atoms. The lowest BCUT2D eigenvalue weighted by atomic mass is 9.94. The molecule has 1 unspecified atom stereocenters. The van der Waals surface area contributed by atoms with Gasteiger partial charge in [0, 0.05) is 11.3 Å². The van der Waals surface area contributed by atoms with Crippen molar-refractivity contribution in [3.8, 4) is 0 Å². The molecule has 0 spiro atoms. The van der Waals surface area contributed by atoms with Gasteiger partial charge in [-0.15, -0.1) is 11.6 Å². The van der Waals surface area contributed by atoms with E-state index in [2.05, 4.69) is 5.32 Å². The summed E-state index contributed by atoms with van der Waals surface area (Å²) in [6, 6.07) is 9.65. The Morgan fingerprint density at radius 2 is 1.88 bits per heavy atom. The topological polar surface area (TPSA) is 29.1 Å². The number of hydrogen-bond donors (Lipinski definition) is 1. The van der Waals surface area contributed by atoms with Crippen molar-refractivity contribution >= 4 is 17.5 Å². The van der Waals surface area contributed by atoms with E-state index in [0.717, 1.165) is 5.56 Å². The van der Waals surface area contributed by atoms with Crippen LogP contribution in [0, 0.1) is 5.41 Å². The Hall–Kier alpha value is -1.02. The van der Waals surface area contributed by atoms with Gasteiger partial charge in [-0.2, -0.15) is 0 Å². The Morgan fingerprint density at radius 1 is 1.31 bits per heavy atom. The van der Waals surface area contributed by atoms with Gasteiger partial charge in [0.2, 0.25) is 5.91 Å². The molecular formula is C13H18ClNO. The highest BCUT2D eigenvalue weighted by atomic mass is 35.5. The van der Waals surface area contributed by atoms with E-state index in [4.69, 9.17) is 11.6 Å². The second-order valence-electron chi connectivity index (χ2n) is 4.84. The lowest BCUT2D eigenvalue weighted by Crippen LogP contribution is -2.38. The molecular weight excluding hydrogens is 222 g/mol. The van der Waals surface area contributed by atoms with Gasteiger partial charge in [-0.3, -0.25) is 4.79 Å². The summed E-state index contributed by atoms with van der Waals surface area (Å²) in [7, 11) is 0. The SMILES string of the molecule is CC(C)(C)C(=O)NC(CCl)c1ccccc1. The first-order valence-electron chi connectivity index (χ1n) is 5.37. The number of rotatable bonds is 3. The average Bonchev–Trinajstić information content (AvgIpc) is 2.25. The summed E-state index contributed by atoms with van der Waals surface area (Å²) in [6.07, 6.45) is 0. The minimum atomic E-state index is -0.390. The standard InChI is InChI=1S/C13H18ClNO/c1-13(2,3)12(16)15-11(9-14)10-7-5-4-6-8-10/h4-8,11H,9H2,1-3H3,(H,15,16). The third-order valence-electron chi connectivity index (χ3n) is 2.34. The molecule has 0 fully saturated rings. The third-order valence-corrected chi connectivity index (χ3v) is 2.65. The van der Waals surface area contributed by atoms with Gasteiger partial charge in [-0.1, -0.05) is 51.1 Å². The largest absolute Gasteiger partial charge is 0.348 e. The van der Waals surface area contributed by atoms with Crippen LogP contribution in [-0.4, -0.2) is 11.8 Å². The minimum absolute atomic E-state index is 0.0157. The van der Waals surface area contributed by atoms with Crippen molar-refractivity contribution in [1.29, 1.82) is 0 Å². The van der Waals surface area contributed by atoms with Crippen LogP contribution in [0.2, 0.25) is 0 Å². The lowest BCUT2D eigenvalue weighted by molar-refractivity contribution is -0.129. The molecule has 0 aromatic heterocycles. The van der Waals surface area contributed by atoms with Crippen molar-refractivity contribution < 1.29 is 4.79 Å². The van der Waals surface area contributed by atoms with Crippen LogP contribution in [0.1, 0.15) is 32.4 Å². The van der Waals surface area contributed by atoms with E-state index >= 15 is 0 Å². The number of carbonyl (C=O) groups excluding carboxylic acids is 1. The number of carbonyl (C=O) groups is 1. The van der Waals surface area contributed by atoms with Crippen molar-refractivity contribution in [1.82, 2.24) is 5.32 Å². The monoisotopic (exact) mass is 239 g/mol. The number of nitrogens with one attached hydrogen (secondary N) is 1. The van der Waals surface area contributed by atoms with Crippen molar-refractivity contribution in [2.24, 2.45) is 5.41 Å². The normalized spacial score (nSPS) is 13.2. The van der Waals surface area contributed by atoms with Gasteiger partial charge < -0.3 is 5.32 Å². The molecule has 0 aliphatic heterocycles. The van der Waals surface area contributed by atoms with Crippen LogP contribution in [0.15, 0.2) is 30.3 Å². The number of halogens is 1. The first-order valence-corrected chi connectivity index (χ1v) is 5.90. The predicted molar refractivity (Wildman–Crippen MR) is 67.5 cm³/mol. The smallest absolute Gasteiger partial charge is 0.225 e. The van der Waals surface area contributed by atoms with Crippen LogP contribution in [0.3, 0.4) is 0 Å². The van der Waals surface area contributed by atoms with Gasteiger partial charge in [0.25, 0.3) is 0 Å². The van der Waals surface area contributed by atoms with Gasteiger partial charge in [0.1, 0.15) is 0 Å². The van der Waals surface area contributed by atoms with Crippen molar-refractivity contribution in [2.45, 2.75) is 26.8 Å². The number of amides is 1. The highest BCUT2D eigenvalue weighted by molar-refractivity contribution is 6.18. The van der Waals surface area contributed by atoms with Crippen LogP contribution < -0.4 is 5.32 Å². The number of hydrogen-bond acceptors (Lipinski definition) is 1. The average molecular weight is 240 g/mol. The summed E-state index contributed by atoms with van der Waals surface area (Å²) in [5.74, 6) is 0.397. The highest BCUT2D eigenvalue weighted by Gasteiger charge is 2.24. The fourth-order valence-corrected chi connectivity index (χ4v) is 1.53. The molecule has 1 atom stereocenters. The maximum Gasteiger partial charge on any atom is 0.225 e. The first kappa shape index (κ1) is 13.0. The van der Waals surface area contributed by atoms with E-state index in [1.807, 2.05) is 51.1 Å². The van der Waals surface area contributed by atoms with Gasteiger partial charge in [0.05, 0.1) is 6.04 Å². The zero-order chi connectivity index (χ0) is 12.2. The van der Waals surface area contributed by atoms with Crippen molar-refractivity contribution in [2.75, 3.05) is 5.88 Å². The second kappa shape index (κ2) is 5.35. The molecule has 1 aromatic carbocycles. The number of alkyl halides is 1. The quantitative estimate of drug-likeness (QED) is 0.807. The van der Waals surface area contributed by atoms with E-state index in [1.54, 1.807) is 0 Å². The summed E-state index contributed by atoms with van der Waals surface area (Å²) in [6.45, 7) is 5.66. The summed E-state index contributed by atoms with van der Waals surface area (Å²) in [4.78, 5) is 11.8. The molecule has 1 aromatic rings. The Kier molecular flexibility index (Phi) is 4.36. The van der Waals surface area contributed by atoms with Gasteiger partial charge >= 0.3 is 0 Å². The van der Waals surface area contributed by atoms with Crippen LogP contribution >= 0.6 is 11.6 Å². The van der Waals surface area contributed by atoms with E-state index in [9.17, 15) is 4.79 Å². The first-order chi connectivity index (χ1) is 7.45. The van der Waals surface area contributed by atoms with E-state index < -0.39 is 0 Å². The van der Waals surface area contributed by atoms with E-state index in [0.29, 0.717) is 5.88 Å². The fourth-order valence-electron chi connectivity index (χ4n) is 1.27. The van der Waals surface area contributed by atoms with Crippen molar-refractivity contribution in [3.63, 3.8) is 0 Å². The molecule has 0 aliphatic carbocycles. The molecule has 0 saturated heterocycles. The van der Waals surface area contributed by atoms with Gasteiger partial charge in [-0.25, -0.2) is 0 Å². The zero-order valence-corrected chi connectivity index (χ0v) is 10.7. The fraction of sp³-hybridized carbons (Fsp3) is 0.462. The van der Waals surface area contributed by atoms with Crippen molar-refractivity contribution in [3.05, 3.63) is 35.9 Å². The molecule has 0 heterocycles. The summed E-state index contributed by atoms with van der Waals surface area (Å²) >= 11 is 5.88. The summed E-state index contributed by atoms with van der Waals surface area (Å²) < 4.78 is 0. The second-order valence-corrected chi connectivity index (χ2v) is 5.15. The maximum absolute atomic E-state index is 11.8. The van der Waals surface area contributed by atoms with Crippen LogP contribution in [-0.2, 0) is 4.79 Å². The van der Waals surface area contributed by atoms with Crippen LogP contribution in [0.4, 0.5) is 0 Å².